The monoisotopic (exact) mass is 273 g/mol. The summed E-state index contributed by atoms with van der Waals surface area (Å²) >= 11 is 0. The molecule has 5 heteroatoms. The van der Waals surface area contributed by atoms with Crippen molar-refractivity contribution in [2.24, 2.45) is 0 Å². The van der Waals surface area contributed by atoms with Gasteiger partial charge in [-0.2, -0.15) is 0 Å². The largest absolute Gasteiger partial charge is 0.748 e. The quantitative estimate of drug-likeness (QED) is 0.453. The topological polar surface area (TPSA) is 61.1 Å². The lowest BCUT2D eigenvalue weighted by Crippen LogP contribution is -2.32. The fourth-order valence-electron chi connectivity index (χ4n) is 1.48. The lowest BCUT2D eigenvalue weighted by Gasteiger charge is -1.97. The number of aromatic nitrogens is 1. The fourth-order valence-corrected chi connectivity index (χ4v) is 1.48. The molecule has 0 saturated heterocycles. The molecule has 0 aromatic carbocycles. The van der Waals surface area contributed by atoms with E-state index in [1.54, 1.807) is 0 Å². The summed E-state index contributed by atoms with van der Waals surface area (Å²) in [5.74, 6) is 0. The summed E-state index contributed by atoms with van der Waals surface area (Å²) in [5.41, 5.74) is 0. The van der Waals surface area contributed by atoms with Crippen LogP contribution in [0.1, 0.15) is 39.0 Å². The van der Waals surface area contributed by atoms with Crippen LogP contribution in [-0.2, 0) is 16.7 Å². The molecular weight excluding hydrogens is 250 g/mol. The summed E-state index contributed by atoms with van der Waals surface area (Å²) in [6.45, 7) is 3.43. The van der Waals surface area contributed by atoms with Crippen LogP contribution in [0.15, 0.2) is 30.6 Å². The van der Waals surface area contributed by atoms with E-state index in [0.29, 0.717) is 6.26 Å². The second-order valence-corrected chi connectivity index (χ2v) is 5.64. The van der Waals surface area contributed by atoms with Crippen LogP contribution in [-0.4, -0.2) is 19.2 Å². The van der Waals surface area contributed by atoms with Crippen molar-refractivity contribution in [2.45, 2.75) is 45.6 Å². The average molecular weight is 273 g/mol. The van der Waals surface area contributed by atoms with Crippen LogP contribution in [0, 0.1) is 0 Å². The van der Waals surface area contributed by atoms with Gasteiger partial charge in [-0.15, -0.1) is 0 Å². The van der Waals surface area contributed by atoms with Gasteiger partial charge in [0.15, 0.2) is 12.4 Å². The maximum atomic E-state index is 9.08. The van der Waals surface area contributed by atoms with Gasteiger partial charge in [0.05, 0.1) is 10.1 Å². The maximum Gasteiger partial charge on any atom is 0.168 e. The van der Waals surface area contributed by atoms with Gasteiger partial charge in [-0.05, 0) is 6.42 Å². The van der Waals surface area contributed by atoms with Gasteiger partial charge in [-0.25, -0.2) is 13.0 Å². The Hall–Kier alpha value is -0.940. The van der Waals surface area contributed by atoms with E-state index in [9.17, 15) is 0 Å². The molecule has 0 unspecified atom stereocenters. The minimum Gasteiger partial charge on any atom is -0.748 e. The van der Waals surface area contributed by atoms with Crippen molar-refractivity contribution in [3.8, 4) is 0 Å². The smallest absolute Gasteiger partial charge is 0.168 e. The van der Waals surface area contributed by atoms with E-state index in [2.05, 4.69) is 42.1 Å². The van der Waals surface area contributed by atoms with E-state index in [1.807, 2.05) is 0 Å². The van der Waals surface area contributed by atoms with Crippen LogP contribution in [0.5, 0.6) is 0 Å². The first kappa shape index (κ1) is 17.1. The van der Waals surface area contributed by atoms with Crippen LogP contribution in [0.3, 0.4) is 0 Å². The van der Waals surface area contributed by atoms with Crippen molar-refractivity contribution in [2.75, 3.05) is 6.26 Å². The Bertz CT molecular complexity index is 382. The van der Waals surface area contributed by atoms with Gasteiger partial charge in [0.25, 0.3) is 0 Å². The first-order valence-corrected chi connectivity index (χ1v) is 8.10. The number of unbranched alkanes of at least 4 members (excludes halogenated alkanes) is 4. The van der Waals surface area contributed by atoms with Crippen LogP contribution < -0.4 is 4.57 Å². The van der Waals surface area contributed by atoms with Crippen molar-refractivity contribution < 1.29 is 17.5 Å². The Balaban J connectivity index is 0.000000494. The number of aryl methyl sites for hydroxylation is 1. The Morgan fingerprint density at radius 2 is 1.50 bits per heavy atom. The summed E-state index contributed by atoms with van der Waals surface area (Å²) in [6, 6.07) is 6.24. The highest BCUT2D eigenvalue weighted by molar-refractivity contribution is 7.84. The standard InChI is InChI=1S/C12H20N.CH4O3S/c1-2-3-4-5-7-10-13-11-8-6-9-12-13;1-5(2,3)4/h6,8-9,11-12H,2-5,7,10H2,1H3;1H3,(H,2,3,4)/q+1;/p-1. The number of hydrogen-bond acceptors (Lipinski definition) is 3. The average Bonchev–Trinajstić information content (AvgIpc) is 2.28. The van der Waals surface area contributed by atoms with Crippen molar-refractivity contribution >= 4 is 10.1 Å². The highest BCUT2D eigenvalue weighted by Crippen LogP contribution is 2.01. The van der Waals surface area contributed by atoms with E-state index in [0.717, 1.165) is 0 Å². The van der Waals surface area contributed by atoms with Crippen LogP contribution >= 0.6 is 0 Å². The molecule has 0 N–H and O–H groups in total. The molecule has 1 rings (SSSR count). The molecule has 0 radical (unpaired) electrons. The highest BCUT2D eigenvalue weighted by Gasteiger charge is 1.96. The van der Waals surface area contributed by atoms with Gasteiger partial charge in [-0.1, -0.05) is 32.3 Å². The molecule has 0 atom stereocenters. The number of rotatable bonds is 6. The zero-order valence-corrected chi connectivity index (χ0v) is 12.0. The SMILES string of the molecule is CCCCCCC[n+]1ccccc1.CS(=O)(=O)[O-]. The molecule has 0 aliphatic rings. The molecule has 1 heterocycles. The molecule has 104 valence electrons. The highest BCUT2D eigenvalue weighted by atomic mass is 32.2. The normalized spacial score (nSPS) is 10.6. The molecule has 1 aromatic heterocycles. The Labute approximate surface area is 110 Å². The zero-order chi connectivity index (χ0) is 13.9. The zero-order valence-electron chi connectivity index (χ0n) is 11.2. The third-order valence-corrected chi connectivity index (χ3v) is 2.30. The van der Waals surface area contributed by atoms with E-state index >= 15 is 0 Å². The molecule has 0 spiro atoms. The molecule has 0 bridgehead atoms. The third kappa shape index (κ3) is 15.1. The maximum absolute atomic E-state index is 9.08. The van der Waals surface area contributed by atoms with E-state index < -0.39 is 10.1 Å². The Kier molecular flexibility index (Phi) is 9.50. The van der Waals surface area contributed by atoms with Gasteiger partial charge in [0.2, 0.25) is 0 Å². The van der Waals surface area contributed by atoms with Gasteiger partial charge in [0, 0.05) is 24.8 Å². The molecular formula is C13H23NO3S. The molecule has 1 aromatic rings. The van der Waals surface area contributed by atoms with Crippen molar-refractivity contribution in [1.29, 1.82) is 0 Å². The minimum absolute atomic E-state index is 0.604. The second kappa shape index (κ2) is 10.0. The predicted molar refractivity (Wildman–Crippen MR) is 71.0 cm³/mol. The summed E-state index contributed by atoms with van der Waals surface area (Å²) in [6.07, 6.45) is 11.7. The minimum atomic E-state index is -3.92. The lowest BCUT2D eigenvalue weighted by molar-refractivity contribution is -0.697. The second-order valence-electron chi connectivity index (χ2n) is 4.23. The lowest BCUT2D eigenvalue weighted by atomic mass is 10.1. The number of nitrogens with zero attached hydrogens (tertiary/aromatic N) is 1. The van der Waals surface area contributed by atoms with E-state index in [1.165, 1.54) is 38.6 Å². The first-order chi connectivity index (χ1) is 8.43. The van der Waals surface area contributed by atoms with Crippen LogP contribution in [0.4, 0.5) is 0 Å². The molecule has 0 aliphatic carbocycles. The predicted octanol–water partition coefficient (Wildman–Crippen LogP) is 2.11. The van der Waals surface area contributed by atoms with Gasteiger partial charge in [0.1, 0.15) is 6.54 Å². The van der Waals surface area contributed by atoms with Crippen molar-refractivity contribution in [3.05, 3.63) is 30.6 Å². The molecule has 18 heavy (non-hydrogen) atoms. The van der Waals surface area contributed by atoms with Gasteiger partial charge >= 0.3 is 0 Å². The molecule has 0 amide bonds. The Morgan fingerprint density at radius 1 is 1.00 bits per heavy atom. The van der Waals surface area contributed by atoms with Crippen LogP contribution in [0.2, 0.25) is 0 Å². The molecule has 0 aliphatic heterocycles. The molecule has 4 nitrogen and oxygen atoms in total. The summed E-state index contributed by atoms with van der Waals surface area (Å²) in [4.78, 5) is 0. The Morgan fingerprint density at radius 3 is 2.00 bits per heavy atom. The van der Waals surface area contributed by atoms with Gasteiger partial charge < -0.3 is 4.55 Å². The summed E-state index contributed by atoms with van der Waals surface area (Å²) in [7, 11) is -3.92. The van der Waals surface area contributed by atoms with Gasteiger partial charge in [-0.3, -0.25) is 0 Å². The van der Waals surface area contributed by atoms with E-state index in [-0.39, 0.29) is 0 Å². The first-order valence-electron chi connectivity index (χ1n) is 6.28. The summed E-state index contributed by atoms with van der Waals surface area (Å²) in [5, 5.41) is 0. The van der Waals surface area contributed by atoms with E-state index in [4.69, 9.17) is 13.0 Å². The fraction of sp³-hybridized carbons (Fsp3) is 0.615. The summed E-state index contributed by atoms with van der Waals surface area (Å²) < 4.78 is 29.5. The third-order valence-electron chi connectivity index (χ3n) is 2.30. The molecule has 0 fully saturated rings. The van der Waals surface area contributed by atoms with Crippen LogP contribution in [0.25, 0.3) is 0 Å². The number of pyridine rings is 1. The number of hydrogen-bond donors (Lipinski definition) is 0. The van der Waals surface area contributed by atoms with Crippen molar-refractivity contribution in [3.63, 3.8) is 0 Å². The van der Waals surface area contributed by atoms with Crippen molar-refractivity contribution in [1.82, 2.24) is 0 Å². The molecule has 0 saturated carbocycles.